The number of carbonyl (C=O) groups excluding carboxylic acids is 2. The van der Waals surface area contributed by atoms with Crippen molar-refractivity contribution in [3.05, 3.63) is 0 Å². The summed E-state index contributed by atoms with van der Waals surface area (Å²) in [5.74, 6) is 1.03. The number of aliphatic hydroxyl groups is 1. The third-order valence-electron chi connectivity index (χ3n) is 7.01. The van der Waals surface area contributed by atoms with Crippen LogP contribution < -0.4 is 0 Å². The second-order valence-corrected chi connectivity index (χ2v) is 11.9. The molecule has 5 nitrogen and oxygen atoms in total. The molecule has 0 heterocycles. The van der Waals surface area contributed by atoms with Gasteiger partial charge in [0.25, 0.3) is 0 Å². The number of carbonyl (C=O) groups is 2. The molecule has 0 saturated carbocycles. The summed E-state index contributed by atoms with van der Waals surface area (Å²) in [6, 6.07) is 0. The van der Waals surface area contributed by atoms with Crippen LogP contribution in [-0.2, 0) is 19.1 Å². The van der Waals surface area contributed by atoms with Crippen molar-refractivity contribution in [2.75, 3.05) is 13.2 Å². The highest BCUT2D eigenvalue weighted by atomic mass is 16.6. The zero-order valence-corrected chi connectivity index (χ0v) is 25.1. The van der Waals surface area contributed by atoms with Gasteiger partial charge in [-0.3, -0.25) is 9.59 Å². The van der Waals surface area contributed by atoms with E-state index in [1.807, 2.05) is 0 Å². The molecule has 0 aliphatic carbocycles. The van der Waals surface area contributed by atoms with Gasteiger partial charge in [-0.1, -0.05) is 137 Å². The van der Waals surface area contributed by atoms with Crippen LogP contribution in [-0.4, -0.2) is 36.4 Å². The molecule has 0 rings (SSSR count). The lowest BCUT2D eigenvalue weighted by atomic mass is 10.0. The Morgan fingerprint density at radius 1 is 0.541 bits per heavy atom. The summed E-state index contributed by atoms with van der Waals surface area (Å²) in [4.78, 5) is 24.0. The fourth-order valence-corrected chi connectivity index (χ4v) is 4.57. The molecule has 0 unspecified atom stereocenters. The molecule has 0 aromatic heterocycles. The van der Waals surface area contributed by atoms with Gasteiger partial charge in [0.1, 0.15) is 6.61 Å². The van der Waals surface area contributed by atoms with Crippen LogP contribution in [0.1, 0.15) is 163 Å². The van der Waals surface area contributed by atoms with Crippen LogP contribution in [0, 0.1) is 11.8 Å². The predicted octanol–water partition coefficient (Wildman–Crippen LogP) is 8.94. The maximum absolute atomic E-state index is 12.0. The fraction of sp³-hybridized carbons (Fsp3) is 0.938. The molecule has 0 amide bonds. The molecule has 0 aromatic carbocycles. The first kappa shape index (κ1) is 35.9. The first-order valence-corrected chi connectivity index (χ1v) is 15.8. The highest BCUT2D eigenvalue weighted by Gasteiger charge is 2.16. The van der Waals surface area contributed by atoms with Crippen molar-refractivity contribution in [2.45, 2.75) is 169 Å². The molecule has 0 spiro atoms. The Morgan fingerprint density at radius 2 is 0.892 bits per heavy atom. The molecule has 1 N–H and O–H groups in total. The zero-order chi connectivity index (χ0) is 27.6. The summed E-state index contributed by atoms with van der Waals surface area (Å²) in [5, 5.41) is 9.46. The van der Waals surface area contributed by atoms with Gasteiger partial charge in [-0.2, -0.15) is 0 Å². The summed E-state index contributed by atoms with van der Waals surface area (Å²) in [5.41, 5.74) is 0. The number of unbranched alkanes of at least 4 members (excludes halogenated alkanes) is 15. The van der Waals surface area contributed by atoms with Crippen molar-refractivity contribution in [1.82, 2.24) is 0 Å². The van der Waals surface area contributed by atoms with Gasteiger partial charge in [-0.25, -0.2) is 0 Å². The molecule has 0 fully saturated rings. The maximum Gasteiger partial charge on any atom is 0.306 e. The lowest BCUT2D eigenvalue weighted by Crippen LogP contribution is -2.28. The molecule has 1 atom stereocenters. The zero-order valence-electron chi connectivity index (χ0n) is 25.1. The second kappa shape index (κ2) is 26.5. The molecule has 0 bridgehead atoms. The number of hydrogen-bond donors (Lipinski definition) is 1. The van der Waals surface area contributed by atoms with Crippen LogP contribution in [0.25, 0.3) is 0 Å². The van der Waals surface area contributed by atoms with Crippen molar-refractivity contribution >= 4 is 11.9 Å². The minimum absolute atomic E-state index is 0.0609. The average molecular weight is 527 g/mol. The van der Waals surface area contributed by atoms with Crippen LogP contribution in [0.3, 0.4) is 0 Å². The Bertz CT molecular complexity index is 517. The van der Waals surface area contributed by atoms with Gasteiger partial charge in [0.15, 0.2) is 6.10 Å². The number of aliphatic hydroxyl groups excluding tert-OH is 1. The van der Waals surface area contributed by atoms with E-state index in [1.165, 1.54) is 83.5 Å². The summed E-state index contributed by atoms with van der Waals surface area (Å²) < 4.78 is 10.5. The minimum Gasteiger partial charge on any atom is -0.462 e. The molecule has 0 aliphatic rings. The molecule has 0 aromatic rings. The molecular formula is C32H62O5. The molecular weight excluding hydrogens is 464 g/mol. The number of hydrogen-bond acceptors (Lipinski definition) is 5. The van der Waals surface area contributed by atoms with E-state index in [1.54, 1.807) is 0 Å². The smallest absolute Gasteiger partial charge is 0.306 e. The first-order chi connectivity index (χ1) is 17.8. The molecule has 37 heavy (non-hydrogen) atoms. The summed E-state index contributed by atoms with van der Waals surface area (Å²) in [6.07, 6.45) is 23.1. The predicted molar refractivity (Wildman–Crippen MR) is 155 cm³/mol. The average Bonchev–Trinajstić information content (AvgIpc) is 2.85. The number of esters is 2. The molecule has 0 aliphatic heterocycles. The van der Waals surface area contributed by atoms with Crippen molar-refractivity contribution in [3.8, 4) is 0 Å². The van der Waals surface area contributed by atoms with Crippen LogP contribution in [0.15, 0.2) is 0 Å². The van der Waals surface area contributed by atoms with Crippen molar-refractivity contribution in [1.29, 1.82) is 0 Å². The number of ether oxygens (including phenoxy) is 2. The number of rotatable bonds is 27. The van der Waals surface area contributed by atoms with E-state index in [0.29, 0.717) is 12.8 Å². The van der Waals surface area contributed by atoms with Gasteiger partial charge in [0.05, 0.1) is 6.61 Å². The van der Waals surface area contributed by atoms with Crippen molar-refractivity contribution in [3.63, 3.8) is 0 Å². The minimum atomic E-state index is -0.761. The van der Waals surface area contributed by atoms with Gasteiger partial charge < -0.3 is 14.6 Å². The van der Waals surface area contributed by atoms with E-state index in [-0.39, 0.29) is 25.2 Å². The van der Waals surface area contributed by atoms with Crippen molar-refractivity contribution < 1.29 is 24.2 Å². The van der Waals surface area contributed by atoms with E-state index >= 15 is 0 Å². The van der Waals surface area contributed by atoms with E-state index < -0.39 is 6.10 Å². The molecule has 0 saturated heterocycles. The van der Waals surface area contributed by atoms with Gasteiger partial charge in [-0.05, 0) is 24.7 Å². The first-order valence-electron chi connectivity index (χ1n) is 15.8. The standard InChI is InChI=1S/C32H62O5/c1-28(2)22-18-14-10-7-5-6-8-12-16-20-24-31(34)36-27-30(26-33)37-32(35)25-21-17-13-9-11-15-19-23-29(3)4/h28-30,33H,5-27H2,1-4H3/t30-/m0/s1. The van der Waals surface area contributed by atoms with Crippen LogP contribution in [0.2, 0.25) is 0 Å². The van der Waals surface area contributed by atoms with E-state index in [2.05, 4.69) is 27.7 Å². The lowest BCUT2D eigenvalue weighted by Gasteiger charge is -2.15. The summed E-state index contributed by atoms with van der Waals surface area (Å²) in [7, 11) is 0. The Kier molecular flexibility index (Phi) is 25.7. The van der Waals surface area contributed by atoms with Gasteiger partial charge in [0.2, 0.25) is 0 Å². The summed E-state index contributed by atoms with van der Waals surface area (Å²) in [6.45, 7) is 8.74. The Morgan fingerprint density at radius 3 is 1.27 bits per heavy atom. The van der Waals surface area contributed by atoms with E-state index in [4.69, 9.17) is 9.47 Å². The normalized spacial score (nSPS) is 12.3. The van der Waals surface area contributed by atoms with Gasteiger partial charge in [0, 0.05) is 12.8 Å². The highest BCUT2D eigenvalue weighted by molar-refractivity contribution is 5.70. The van der Waals surface area contributed by atoms with E-state index in [0.717, 1.165) is 50.4 Å². The van der Waals surface area contributed by atoms with Crippen molar-refractivity contribution in [2.24, 2.45) is 11.8 Å². The largest absolute Gasteiger partial charge is 0.462 e. The lowest BCUT2D eigenvalue weighted by molar-refractivity contribution is -0.161. The SMILES string of the molecule is CC(C)CCCCCCCCCCCCC(=O)OC[C@H](CO)OC(=O)CCCCCCCCCC(C)C. The molecule has 220 valence electrons. The quantitative estimate of drug-likeness (QED) is 0.0854. The Labute approximate surface area is 229 Å². The monoisotopic (exact) mass is 526 g/mol. The van der Waals surface area contributed by atoms with Gasteiger partial charge >= 0.3 is 11.9 Å². The highest BCUT2D eigenvalue weighted by Crippen LogP contribution is 2.15. The van der Waals surface area contributed by atoms with Gasteiger partial charge in [-0.15, -0.1) is 0 Å². The van der Waals surface area contributed by atoms with Crippen LogP contribution in [0.4, 0.5) is 0 Å². The van der Waals surface area contributed by atoms with E-state index in [9.17, 15) is 14.7 Å². The molecule has 5 heteroatoms. The Balaban J connectivity index is 3.57. The Hall–Kier alpha value is -1.10. The summed E-state index contributed by atoms with van der Waals surface area (Å²) >= 11 is 0. The van der Waals surface area contributed by atoms with Crippen LogP contribution in [0.5, 0.6) is 0 Å². The molecule has 0 radical (unpaired) electrons. The third-order valence-corrected chi connectivity index (χ3v) is 7.01. The third kappa shape index (κ3) is 27.7. The topological polar surface area (TPSA) is 72.8 Å². The maximum atomic E-state index is 12.0. The fourth-order valence-electron chi connectivity index (χ4n) is 4.57. The van der Waals surface area contributed by atoms with Crippen LogP contribution >= 0.6 is 0 Å². The second-order valence-electron chi connectivity index (χ2n) is 11.9.